The van der Waals surface area contributed by atoms with E-state index in [-0.39, 0.29) is 0 Å². The van der Waals surface area contributed by atoms with Crippen LogP contribution in [0.1, 0.15) is 45.4 Å². The normalized spacial score (nSPS) is 7.88. The Morgan fingerprint density at radius 1 is 0.880 bits per heavy atom. The van der Waals surface area contributed by atoms with Gasteiger partial charge in [0.15, 0.2) is 0 Å². The van der Waals surface area contributed by atoms with Gasteiger partial charge in [-0.3, -0.25) is 24.3 Å². The summed E-state index contributed by atoms with van der Waals surface area (Å²) in [5, 5.41) is 0.669. The van der Waals surface area contributed by atoms with E-state index < -0.39 is 0 Å². The van der Waals surface area contributed by atoms with Crippen LogP contribution in [0.5, 0.6) is 0 Å². The van der Waals surface area contributed by atoms with Gasteiger partial charge in [-0.05, 0) is 0 Å². The Hall–Kier alpha value is -0.657. The van der Waals surface area contributed by atoms with Crippen LogP contribution in [0.15, 0.2) is 48.5 Å². The maximum atomic E-state index is 7.94. The summed E-state index contributed by atoms with van der Waals surface area (Å²) in [6, 6.07) is 23.1. The molecule has 0 heterocycles. The van der Waals surface area contributed by atoms with Crippen molar-refractivity contribution in [2.75, 3.05) is 0 Å². The van der Waals surface area contributed by atoms with Crippen LogP contribution in [0.4, 0.5) is 0 Å². The van der Waals surface area contributed by atoms with E-state index >= 15 is 0 Å². The molecule has 0 aliphatic rings. The summed E-state index contributed by atoms with van der Waals surface area (Å²) in [6.07, 6.45) is 7.98. The zero-order chi connectivity index (χ0) is 19.6. The SMILES string of the molecule is Clc1[c-]cccc1.[CH2-]CCCCCCC.[O]=[Co].[O]=[Co].[c-]1cc[c-]cc1. The average Bonchev–Trinajstić information content (AvgIpc) is 2.71. The van der Waals surface area contributed by atoms with Crippen LogP contribution in [-0.2, 0) is 39.1 Å². The topological polar surface area (TPSA) is 34.1 Å². The van der Waals surface area contributed by atoms with Crippen LogP contribution in [0.3, 0.4) is 0 Å². The Morgan fingerprint density at radius 3 is 1.68 bits per heavy atom. The quantitative estimate of drug-likeness (QED) is 0.392. The third-order valence-electron chi connectivity index (χ3n) is 2.58. The van der Waals surface area contributed by atoms with Gasteiger partial charge in [-0.1, -0.05) is 44.1 Å². The van der Waals surface area contributed by atoms with Gasteiger partial charge in [0.1, 0.15) is 0 Å². The summed E-state index contributed by atoms with van der Waals surface area (Å²) in [6.45, 7) is 6.02. The van der Waals surface area contributed by atoms with E-state index in [4.69, 9.17) is 19.3 Å². The molecule has 2 aromatic carbocycles. The fourth-order valence-electron chi connectivity index (χ4n) is 1.46. The molecule has 146 valence electrons. The fourth-order valence-corrected chi connectivity index (χ4v) is 1.59. The number of benzene rings is 2. The molecule has 0 fully saturated rings. The molecule has 0 aromatic heterocycles. The number of halogens is 1. The molecule has 0 bridgehead atoms. The second-order valence-electron chi connectivity index (χ2n) is 4.48. The second kappa shape index (κ2) is 31.1. The standard InChI is InChI=1S/C8H17.C6H4Cl.C6H4.2Co.2O/c1-3-5-7-8-6-4-2;7-6-4-2-1-3-5-6;1-2-4-6-5-3-1;;;;/h1,3-8H2,2H3;1-4H;1-2,5-6H;;;;/q2*-1;-2;;;;. The van der Waals surface area contributed by atoms with Crippen molar-refractivity contribution in [3.63, 3.8) is 0 Å². The molecule has 2 rings (SSSR count). The van der Waals surface area contributed by atoms with Crippen LogP contribution in [-0.4, -0.2) is 0 Å². The van der Waals surface area contributed by atoms with E-state index in [0.29, 0.717) is 5.02 Å². The predicted molar refractivity (Wildman–Crippen MR) is 94.5 cm³/mol. The summed E-state index contributed by atoms with van der Waals surface area (Å²) < 4.78 is 15.9. The molecule has 0 unspecified atom stereocenters. The summed E-state index contributed by atoms with van der Waals surface area (Å²) >= 11 is 10.1. The van der Waals surface area contributed by atoms with Gasteiger partial charge in [0.05, 0.1) is 0 Å². The molecule has 0 saturated carbocycles. The maximum absolute atomic E-state index is 7.94. The zero-order valence-electron chi connectivity index (χ0n) is 14.4. The minimum atomic E-state index is 0.669. The van der Waals surface area contributed by atoms with E-state index in [1.54, 1.807) is 12.1 Å². The van der Waals surface area contributed by atoms with Crippen LogP contribution in [0.25, 0.3) is 0 Å². The molecule has 0 amide bonds. The summed E-state index contributed by atoms with van der Waals surface area (Å²) in [7, 11) is 0. The van der Waals surface area contributed by atoms with Crippen molar-refractivity contribution in [2.45, 2.75) is 45.4 Å². The van der Waals surface area contributed by atoms with Gasteiger partial charge in [0.2, 0.25) is 0 Å². The van der Waals surface area contributed by atoms with Crippen molar-refractivity contribution in [3.8, 4) is 0 Å². The first kappa shape index (κ1) is 29.1. The van der Waals surface area contributed by atoms with Crippen molar-refractivity contribution in [2.24, 2.45) is 0 Å². The maximum Gasteiger partial charge on any atom is -0.288 e. The van der Waals surface area contributed by atoms with Gasteiger partial charge in [0.25, 0.3) is 0 Å². The number of hydrogen-bond donors (Lipinski definition) is 0. The van der Waals surface area contributed by atoms with Gasteiger partial charge in [-0.25, -0.2) is 0 Å². The Kier molecular flexibility index (Phi) is 36.3. The van der Waals surface area contributed by atoms with E-state index in [0.717, 1.165) is 6.42 Å². The van der Waals surface area contributed by atoms with Gasteiger partial charge in [-0.2, -0.15) is 36.8 Å². The summed E-state index contributed by atoms with van der Waals surface area (Å²) in [5.74, 6) is 0. The van der Waals surface area contributed by atoms with Crippen molar-refractivity contribution in [1.82, 2.24) is 0 Å². The zero-order valence-corrected chi connectivity index (χ0v) is 17.3. The predicted octanol–water partition coefficient (Wildman–Crippen LogP) is 6.37. The summed E-state index contributed by atoms with van der Waals surface area (Å²) in [5.41, 5.74) is 0. The first-order valence-electron chi connectivity index (χ1n) is 7.82. The van der Waals surface area contributed by atoms with Gasteiger partial charge < -0.3 is 19.1 Å². The van der Waals surface area contributed by atoms with Crippen molar-refractivity contribution < 1.29 is 39.1 Å². The molecule has 0 atom stereocenters. The van der Waals surface area contributed by atoms with Gasteiger partial charge >= 0.3 is 39.1 Å². The number of hydrogen-bond acceptors (Lipinski definition) is 2. The van der Waals surface area contributed by atoms with E-state index in [2.05, 4.69) is 63.4 Å². The van der Waals surface area contributed by atoms with E-state index in [9.17, 15) is 0 Å². The van der Waals surface area contributed by atoms with Gasteiger partial charge in [-0.15, -0.1) is 11.6 Å². The van der Waals surface area contributed by atoms with E-state index in [1.165, 1.54) is 32.1 Å². The number of unbranched alkanes of at least 4 members (excludes halogenated alkanes) is 5. The molecule has 2 aromatic rings. The van der Waals surface area contributed by atoms with Crippen LogP contribution >= 0.6 is 11.6 Å². The second-order valence-corrected chi connectivity index (χ2v) is 4.89. The summed E-state index contributed by atoms with van der Waals surface area (Å²) in [4.78, 5) is 0. The third-order valence-corrected chi connectivity index (χ3v) is 2.81. The largest absolute Gasteiger partial charge is 0.319 e. The molecule has 25 heavy (non-hydrogen) atoms. The van der Waals surface area contributed by atoms with E-state index in [1.807, 2.05) is 36.4 Å². The molecule has 0 N–H and O–H groups in total. The molecule has 2 nitrogen and oxygen atoms in total. The molecule has 0 radical (unpaired) electrons. The first-order chi connectivity index (χ1) is 12.3. The first-order valence-corrected chi connectivity index (χ1v) is 9.04. The van der Waals surface area contributed by atoms with Crippen LogP contribution < -0.4 is 0 Å². The van der Waals surface area contributed by atoms with Crippen LogP contribution in [0, 0.1) is 25.1 Å². The van der Waals surface area contributed by atoms with Crippen molar-refractivity contribution in [1.29, 1.82) is 0 Å². The Balaban J connectivity index is -0.000000265. The Morgan fingerprint density at radius 2 is 1.40 bits per heavy atom. The fraction of sp³-hybridized carbons (Fsp3) is 0.350. The number of rotatable bonds is 5. The smallest absolute Gasteiger partial charge is 0.288 e. The van der Waals surface area contributed by atoms with Crippen LogP contribution in [0.2, 0.25) is 5.02 Å². The molecule has 0 saturated heterocycles. The molecular weight excluding hydrogens is 426 g/mol. The monoisotopic (exact) mass is 450 g/mol. The minimum Gasteiger partial charge on any atom is -0.319 e. The third kappa shape index (κ3) is 31.6. The molecular formula is C20H25ClCo2O2-4. The van der Waals surface area contributed by atoms with Gasteiger partial charge in [0, 0.05) is 0 Å². The Labute approximate surface area is 174 Å². The Bertz CT molecular complexity index is 396. The molecule has 0 spiro atoms. The molecule has 0 aliphatic heterocycles. The molecule has 0 aliphatic carbocycles. The minimum absolute atomic E-state index is 0.669. The van der Waals surface area contributed by atoms with Crippen molar-refractivity contribution >= 4 is 11.6 Å². The average molecular weight is 451 g/mol. The molecule has 5 heteroatoms. The van der Waals surface area contributed by atoms with Crippen molar-refractivity contribution in [3.05, 3.63) is 78.7 Å².